The second-order valence-corrected chi connectivity index (χ2v) is 4.13. The molecule has 0 aliphatic rings. The number of hydrogen-bond donors (Lipinski definition) is 1. The van der Waals surface area contributed by atoms with E-state index in [2.05, 4.69) is 17.2 Å². The molecule has 0 saturated carbocycles. The van der Waals surface area contributed by atoms with Gasteiger partial charge < -0.3 is 5.11 Å². The highest BCUT2D eigenvalue weighted by Gasteiger charge is 2.04. The first-order valence-corrected chi connectivity index (χ1v) is 5.56. The molecule has 0 saturated heterocycles. The molecular formula is C8H13N3O2S. The average molecular weight is 215 g/mol. The number of rotatable bonds is 6. The molecule has 0 aliphatic heterocycles. The minimum Gasteiger partial charge on any atom is -0.481 e. The van der Waals surface area contributed by atoms with Gasteiger partial charge in [-0.15, -0.1) is 5.10 Å². The molecule has 14 heavy (non-hydrogen) atoms. The summed E-state index contributed by atoms with van der Waals surface area (Å²) < 4.78 is 1.68. The second-order valence-electron chi connectivity index (χ2n) is 2.74. The van der Waals surface area contributed by atoms with Crippen LogP contribution in [0.15, 0.2) is 6.20 Å². The molecule has 0 aromatic carbocycles. The number of nitrogens with zero attached hydrogens (tertiary/aromatic N) is 3. The first-order valence-electron chi connectivity index (χ1n) is 4.41. The summed E-state index contributed by atoms with van der Waals surface area (Å²) in [5.41, 5.74) is 0.513. The lowest BCUT2D eigenvalue weighted by Gasteiger charge is -1.97. The van der Waals surface area contributed by atoms with Gasteiger partial charge in [-0.25, -0.2) is 0 Å². The van der Waals surface area contributed by atoms with Crippen LogP contribution in [0.1, 0.15) is 12.6 Å². The molecule has 1 rings (SSSR count). The average Bonchev–Trinajstić information content (AvgIpc) is 2.52. The van der Waals surface area contributed by atoms with Crippen LogP contribution in [0.5, 0.6) is 0 Å². The van der Waals surface area contributed by atoms with Crippen LogP contribution in [0.4, 0.5) is 0 Å². The zero-order valence-corrected chi connectivity index (χ0v) is 8.83. The van der Waals surface area contributed by atoms with Crippen molar-refractivity contribution in [3.8, 4) is 0 Å². The van der Waals surface area contributed by atoms with E-state index in [-0.39, 0.29) is 6.42 Å². The monoisotopic (exact) mass is 215 g/mol. The Labute approximate surface area is 86.5 Å². The molecule has 0 spiro atoms. The predicted octanol–water partition coefficient (Wildman–Crippen LogP) is 0.658. The van der Waals surface area contributed by atoms with Crippen molar-refractivity contribution in [1.29, 1.82) is 0 Å². The van der Waals surface area contributed by atoms with E-state index in [1.165, 1.54) is 0 Å². The highest BCUT2D eigenvalue weighted by molar-refractivity contribution is 7.99. The van der Waals surface area contributed by atoms with Crippen molar-refractivity contribution in [1.82, 2.24) is 15.0 Å². The molecule has 78 valence electrons. The van der Waals surface area contributed by atoms with E-state index in [9.17, 15) is 4.79 Å². The first-order chi connectivity index (χ1) is 6.72. The Morgan fingerprint density at radius 1 is 1.71 bits per heavy atom. The van der Waals surface area contributed by atoms with Crippen LogP contribution in [-0.2, 0) is 17.8 Å². The van der Waals surface area contributed by atoms with Crippen LogP contribution in [-0.4, -0.2) is 37.6 Å². The molecule has 0 aliphatic carbocycles. The topological polar surface area (TPSA) is 68.0 Å². The van der Waals surface area contributed by atoms with E-state index in [1.807, 2.05) is 11.8 Å². The van der Waals surface area contributed by atoms with E-state index < -0.39 is 5.97 Å². The van der Waals surface area contributed by atoms with Crippen molar-refractivity contribution in [2.75, 3.05) is 11.5 Å². The van der Waals surface area contributed by atoms with E-state index in [4.69, 9.17) is 5.11 Å². The van der Waals surface area contributed by atoms with Crippen LogP contribution in [0.3, 0.4) is 0 Å². The third kappa shape index (κ3) is 3.78. The lowest BCUT2D eigenvalue weighted by atomic mass is 10.3. The normalized spacial score (nSPS) is 10.4. The molecule has 0 amide bonds. The molecule has 1 aromatic rings. The van der Waals surface area contributed by atoms with E-state index in [0.717, 1.165) is 18.1 Å². The lowest BCUT2D eigenvalue weighted by molar-refractivity contribution is -0.136. The molecule has 0 unspecified atom stereocenters. The summed E-state index contributed by atoms with van der Waals surface area (Å²) >= 11 is 1.82. The number of hydrogen-bond acceptors (Lipinski definition) is 4. The summed E-state index contributed by atoms with van der Waals surface area (Å²) in [4.78, 5) is 10.4. The maximum atomic E-state index is 10.4. The Morgan fingerprint density at radius 3 is 3.14 bits per heavy atom. The summed E-state index contributed by atoms with van der Waals surface area (Å²) in [5.74, 6) is 1.18. The Hall–Kier alpha value is -1.04. The predicted molar refractivity (Wildman–Crippen MR) is 54.4 cm³/mol. The van der Waals surface area contributed by atoms with Crippen LogP contribution in [0.2, 0.25) is 0 Å². The van der Waals surface area contributed by atoms with Crippen molar-refractivity contribution >= 4 is 17.7 Å². The van der Waals surface area contributed by atoms with E-state index >= 15 is 0 Å². The molecule has 0 radical (unpaired) electrons. The third-order valence-electron chi connectivity index (χ3n) is 1.59. The second kappa shape index (κ2) is 5.64. The fourth-order valence-corrected chi connectivity index (χ4v) is 1.59. The van der Waals surface area contributed by atoms with E-state index in [0.29, 0.717) is 5.69 Å². The summed E-state index contributed by atoms with van der Waals surface area (Å²) in [5, 5.41) is 16.1. The maximum absolute atomic E-state index is 10.4. The SMILES string of the molecule is CCSCCn1cc(CC(=O)O)nn1. The first kappa shape index (κ1) is 11.0. The van der Waals surface area contributed by atoms with Gasteiger partial charge in [0.2, 0.25) is 0 Å². The number of aryl methyl sites for hydroxylation is 1. The van der Waals surface area contributed by atoms with Gasteiger partial charge in [0.25, 0.3) is 0 Å². The Kier molecular flexibility index (Phi) is 4.45. The van der Waals surface area contributed by atoms with Gasteiger partial charge in [0.15, 0.2) is 0 Å². The molecule has 1 heterocycles. The van der Waals surface area contributed by atoms with Crippen LogP contribution < -0.4 is 0 Å². The van der Waals surface area contributed by atoms with Gasteiger partial charge in [-0.05, 0) is 5.75 Å². The smallest absolute Gasteiger partial charge is 0.309 e. The summed E-state index contributed by atoms with van der Waals surface area (Å²) in [6, 6.07) is 0. The fourth-order valence-electron chi connectivity index (χ4n) is 0.986. The van der Waals surface area contributed by atoms with Gasteiger partial charge in [0.05, 0.1) is 18.7 Å². The van der Waals surface area contributed by atoms with Crippen LogP contribution >= 0.6 is 11.8 Å². The highest BCUT2D eigenvalue weighted by atomic mass is 32.2. The Balaban J connectivity index is 2.38. The number of carboxylic acids is 1. The Morgan fingerprint density at radius 2 is 2.50 bits per heavy atom. The minimum atomic E-state index is -0.875. The van der Waals surface area contributed by atoms with E-state index in [1.54, 1.807) is 10.9 Å². The maximum Gasteiger partial charge on any atom is 0.309 e. The third-order valence-corrected chi connectivity index (χ3v) is 2.47. The van der Waals surface area contributed by atoms with Crippen molar-refractivity contribution < 1.29 is 9.90 Å². The standard InChI is InChI=1S/C8H13N3O2S/c1-2-14-4-3-11-6-7(9-10-11)5-8(12)13/h6H,2-5H2,1H3,(H,12,13). The summed E-state index contributed by atoms with van der Waals surface area (Å²) in [6.45, 7) is 2.88. The largest absolute Gasteiger partial charge is 0.481 e. The number of carbonyl (C=O) groups is 1. The van der Waals surface area contributed by atoms with Crippen molar-refractivity contribution in [2.24, 2.45) is 0 Å². The fraction of sp³-hybridized carbons (Fsp3) is 0.625. The number of carboxylic acid groups (broad SMARTS) is 1. The molecule has 6 heteroatoms. The zero-order valence-electron chi connectivity index (χ0n) is 8.01. The van der Waals surface area contributed by atoms with Crippen LogP contribution in [0.25, 0.3) is 0 Å². The molecule has 1 aromatic heterocycles. The molecule has 0 fully saturated rings. The van der Waals surface area contributed by atoms with Crippen molar-refractivity contribution in [3.63, 3.8) is 0 Å². The van der Waals surface area contributed by atoms with Crippen molar-refractivity contribution in [3.05, 3.63) is 11.9 Å². The number of aliphatic carboxylic acids is 1. The van der Waals surface area contributed by atoms with Gasteiger partial charge in [-0.3, -0.25) is 9.48 Å². The number of thioether (sulfide) groups is 1. The minimum absolute atomic E-state index is 0.0546. The number of aromatic nitrogens is 3. The zero-order chi connectivity index (χ0) is 10.4. The molecular weight excluding hydrogens is 202 g/mol. The van der Waals surface area contributed by atoms with Gasteiger partial charge in [-0.1, -0.05) is 12.1 Å². The summed E-state index contributed by atoms with van der Waals surface area (Å²) in [7, 11) is 0. The molecule has 5 nitrogen and oxygen atoms in total. The highest BCUT2D eigenvalue weighted by Crippen LogP contribution is 2.00. The van der Waals surface area contributed by atoms with Gasteiger partial charge in [-0.2, -0.15) is 11.8 Å². The quantitative estimate of drug-likeness (QED) is 0.706. The summed E-state index contributed by atoms with van der Waals surface area (Å²) in [6.07, 6.45) is 1.63. The van der Waals surface area contributed by atoms with Crippen LogP contribution in [0, 0.1) is 0 Å². The van der Waals surface area contributed by atoms with Gasteiger partial charge in [0.1, 0.15) is 0 Å². The molecule has 0 bridgehead atoms. The lowest BCUT2D eigenvalue weighted by Crippen LogP contribution is -2.01. The van der Waals surface area contributed by atoms with Gasteiger partial charge in [0, 0.05) is 11.9 Å². The molecule has 1 N–H and O–H groups in total. The van der Waals surface area contributed by atoms with Gasteiger partial charge >= 0.3 is 5.97 Å². The molecule has 0 atom stereocenters. The Bertz CT molecular complexity index is 301. The van der Waals surface area contributed by atoms with Crippen molar-refractivity contribution in [2.45, 2.75) is 19.9 Å².